The molecule has 0 bridgehead atoms. The van der Waals surface area contributed by atoms with Gasteiger partial charge < -0.3 is 5.73 Å². The minimum atomic E-state index is -0.559. The van der Waals surface area contributed by atoms with Crippen molar-refractivity contribution >= 4 is 5.91 Å². The van der Waals surface area contributed by atoms with Gasteiger partial charge in [0.2, 0.25) is 0 Å². The highest BCUT2D eigenvalue weighted by Crippen LogP contribution is 2.13. The molecular formula is C11H12N4O. The van der Waals surface area contributed by atoms with Crippen LogP contribution in [-0.2, 0) is 0 Å². The molecule has 0 aliphatic rings. The van der Waals surface area contributed by atoms with Gasteiger partial charge in [0.15, 0.2) is 5.69 Å². The molecule has 2 rings (SSSR count). The first-order valence-electron chi connectivity index (χ1n) is 4.88. The van der Waals surface area contributed by atoms with E-state index in [4.69, 9.17) is 5.73 Å². The zero-order valence-electron chi connectivity index (χ0n) is 9.14. The van der Waals surface area contributed by atoms with Gasteiger partial charge in [-0.2, -0.15) is 0 Å². The molecule has 1 heterocycles. The van der Waals surface area contributed by atoms with E-state index in [-0.39, 0.29) is 5.69 Å². The van der Waals surface area contributed by atoms with E-state index in [0.717, 1.165) is 11.3 Å². The smallest absolute Gasteiger partial charge is 0.271 e. The molecule has 5 heteroatoms. The van der Waals surface area contributed by atoms with E-state index in [1.807, 2.05) is 31.2 Å². The van der Waals surface area contributed by atoms with Crippen molar-refractivity contribution in [1.82, 2.24) is 15.0 Å². The molecule has 0 radical (unpaired) electrons. The number of rotatable bonds is 2. The van der Waals surface area contributed by atoms with E-state index in [2.05, 4.69) is 10.3 Å². The Labute approximate surface area is 92.9 Å². The fourth-order valence-electron chi connectivity index (χ4n) is 1.56. The molecule has 2 N–H and O–H groups in total. The normalized spacial score (nSPS) is 10.4. The second-order valence-electron chi connectivity index (χ2n) is 3.64. The Morgan fingerprint density at radius 1 is 1.38 bits per heavy atom. The predicted octanol–water partition coefficient (Wildman–Crippen LogP) is 0.983. The fraction of sp³-hybridized carbons (Fsp3) is 0.182. The molecule has 1 aromatic heterocycles. The third-order valence-corrected chi connectivity index (χ3v) is 2.37. The van der Waals surface area contributed by atoms with Crippen LogP contribution >= 0.6 is 0 Å². The number of hydrogen-bond acceptors (Lipinski definition) is 3. The van der Waals surface area contributed by atoms with Crippen molar-refractivity contribution < 1.29 is 4.79 Å². The molecule has 1 amide bonds. The summed E-state index contributed by atoms with van der Waals surface area (Å²) in [6.45, 7) is 3.76. The largest absolute Gasteiger partial charge is 0.364 e. The third-order valence-electron chi connectivity index (χ3n) is 2.37. The summed E-state index contributed by atoms with van der Waals surface area (Å²) >= 11 is 0. The van der Waals surface area contributed by atoms with Gasteiger partial charge in [0, 0.05) is 0 Å². The Balaban J connectivity index is 2.53. The summed E-state index contributed by atoms with van der Waals surface area (Å²) in [7, 11) is 0. The van der Waals surface area contributed by atoms with Crippen LogP contribution < -0.4 is 5.73 Å². The van der Waals surface area contributed by atoms with Crippen LogP contribution in [0.3, 0.4) is 0 Å². The summed E-state index contributed by atoms with van der Waals surface area (Å²) in [6, 6.07) is 7.78. The van der Waals surface area contributed by atoms with Crippen LogP contribution in [0.15, 0.2) is 24.3 Å². The molecule has 2 aromatic rings. The first kappa shape index (κ1) is 10.4. The second-order valence-corrected chi connectivity index (χ2v) is 3.64. The van der Waals surface area contributed by atoms with E-state index in [1.54, 1.807) is 11.6 Å². The molecule has 82 valence electrons. The number of amides is 1. The monoisotopic (exact) mass is 216 g/mol. The average Bonchev–Trinajstić information content (AvgIpc) is 2.60. The van der Waals surface area contributed by atoms with Crippen LogP contribution in [-0.4, -0.2) is 20.9 Å². The van der Waals surface area contributed by atoms with Gasteiger partial charge in [0.1, 0.15) is 0 Å². The zero-order chi connectivity index (χ0) is 11.7. The Kier molecular flexibility index (Phi) is 2.44. The Bertz CT molecular complexity index is 545. The highest BCUT2D eigenvalue weighted by molar-refractivity contribution is 5.91. The fourth-order valence-corrected chi connectivity index (χ4v) is 1.56. The number of primary amides is 1. The molecule has 0 saturated carbocycles. The predicted molar refractivity (Wildman–Crippen MR) is 59.4 cm³/mol. The van der Waals surface area contributed by atoms with E-state index in [9.17, 15) is 4.79 Å². The zero-order valence-corrected chi connectivity index (χ0v) is 9.14. The van der Waals surface area contributed by atoms with E-state index >= 15 is 0 Å². The lowest BCUT2D eigenvalue weighted by atomic mass is 10.2. The van der Waals surface area contributed by atoms with Gasteiger partial charge in [-0.15, -0.1) is 5.10 Å². The SMILES string of the molecule is Cc1cccc(-n2nnc(C(N)=O)c2C)c1. The van der Waals surface area contributed by atoms with Gasteiger partial charge in [-0.05, 0) is 31.5 Å². The maximum Gasteiger partial charge on any atom is 0.271 e. The molecule has 0 unspecified atom stereocenters. The van der Waals surface area contributed by atoms with Crippen molar-refractivity contribution in [1.29, 1.82) is 0 Å². The third kappa shape index (κ3) is 1.67. The molecular weight excluding hydrogens is 204 g/mol. The Hall–Kier alpha value is -2.17. The summed E-state index contributed by atoms with van der Waals surface area (Å²) in [6.07, 6.45) is 0. The summed E-state index contributed by atoms with van der Waals surface area (Å²) in [5.41, 5.74) is 8.03. The van der Waals surface area contributed by atoms with Crippen molar-refractivity contribution in [2.75, 3.05) is 0 Å². The van der Waals surface area contributed by atoms with Crippen LogP contribution in [0.4, 0.5) is 0 Å². The van der Waals surface area contributed by atoms with Gasteiger partial charge in [-0.1, -0.05) is 17.3 Å². The van der Waals surface area contributed by atoms with E-state index in [1.165, 1.54) is 0 Å². The van der Waals surface area contributed by atoms with Gasteiger partial charge in [0.25, 0.3) is 5.91 Å². The van der Waals surface area contributed by atoms with E-state index < -0.39 is 5.91 Å². The Morgan fingerprint density at radius 2 is 2.12 bits per heavy atom. The summed E-state index contributed by atoms with van der Waals surface area (Å²) in [4.78, 5) is 11.0. The van der Waals surface area contributed by atoms with Crippen LogP contribution in [0.1, 0.15) is 21.7 Å². The number of carbonyl (C=O) groups is 1. The number of benzene rings is 1. The number of hydrogen-bond donors (Lipinski definition) is 1. The van der Waals surface area contributed by atoms with Crippen LogP contribution in [0.5, 0.6) is 0 Å². The van der Waals surface area contributed by atoms with Crippen molar-refractivity contribution in [3.05, 3.63) is 41.2 Å². The van der Waals surface area contributed by atoms with Crippen molar-refractivity contribution in [3.63, 3.8) is 0 Å². The topological polar surface area (TPSA) is 73.8 Å². The molecule has 0 aliphatic carbocycles. The maximum atomic E-state index is 11.0. The summed E-state index contributed by atoms with van der Waals surface area (Å²) < 4.78 is 1.60. The Morgan fingerprint density at radius 3 is 2.69 bits per heavy atom. The molecule has 0 saturated heterocycles. The lowest BCUT2D eigenvalue weighted by Gasteiger charge is -2.03. The maximum absolute atomic E-state index is 11.0. The van der Waals surface area contributed by atoms with Crippen LogP contribution in [0.2, 0.25) is 0 Å². The molecule has 0 fully saturated rings. The standard InChI is InChI=1S/C11H12N4O/c1-7-4-3-5-9(6-7)15-8(2)10(11(12)16)13-14-15/h3-6H,1-2H3,(H2,12,16). The first-order valence-corrected chi connectivity index (χ1v) is 4.88. The number of aromatic nitrogens is 3. The van der Waals surface area contributed by atoms with Gasteiger partial charge in [-0.25, -0.2) is 4.68 Å². The summed E-state index contributed by atoms with van der Waals surface area (Å²) in [5.74, 6) is -0.559. The minimum absolute atomic E-state index is 0.210. The molecule has 0 aliphatic heterocycles. The van der Waals surface area contributed by atoms with Gasteiger partial charge in [0.05, 0.1) is 11.4 Å². The van der Waals surface area contributed by atoms with Crippen molar-refractivity contribution in [3.8, 4) is 5.69 Å². The summed E-state index contributed by atoms with van der Waals surface area (Å²) in [5, 5.41) is 7.67. The minimum Gasteiger partial charge on any atom is -0.364 e. The first-order chi connectivity index (χ1) is 7.59. The highest BCUT2D eigenvalue weighted by atomic mass is 16.1. The van der Waals surface area contributed by atoms with Crippen LogP contribution in [0, 0.1) is 13.8 Å². The lowest BCUT2D eigenvalue weighted by molar-refractivity contribution is 0.0995. The number of aryl methyl sites for hydroxylation is 1. The van der Waals surface area contributed by atoms with Crippen LogP contribution in [0.25, 0.3) is 5.69 Å². The highest BCUT2D eigenvalue weighted by Gasteiger charge is 2.14. The van der Waals surface area contributed by atoms with E-state index in [0.29, 0.717) is 5.69 Å². The second kappa shape index (κ2) is 3.77. The molecule has 1 aromatic carbocycles. The molecule has 5 nitrogen and oxygen atoms in total. The lowest BCUT2D eigenvalue weighted by Crippen LogP contribution is -2.13. The average molecular weight is 216 g/mol. The van der Waals surface area contributed by atoms with Gasteiger partial charge in [-0.3, -0.25) is 4.79 Å². The van der Waals surface area contributed by atoms with Crippen molar-refractivity contribution in [2.24, 2.45) is 5.73 Å². The molecule has 0 atom stereocenters. The number of carbonyl (C=O) groups excluding carboxylic acids is 1. The molecule has 16 heavy (non-hydrogen) atoms. The molecule has 0 spiro atoms. The quantitative estimate of drug-likeness (QED) is 0.813. The number of nitrogens with two attached hydrogens (primary N) is 1. The van der Waals surface area contributed by atoms with Crippen molar-refractivity contribution in [2.45, 2.75) is 13.8 Å². The van der Waals surface area contributed by atoms with Gasteiger partial charge >= 0.3 is 0 Å². The number of nitrogens with zero attached hydrogens (tertiary/aromatic N) is 3.